The van der Waals surface area contributed by atoms with E-state index in [0.29, 0.717) is 6.54 Å². The third-order valence-electron chi connectivity index (χ3n) is 2.37. The van der Waals surface area contributed by atoms with Crippen molar-refractivity contribution in [3.8, 4) is 6.07 Å². The van der Waals surface area contributed by atoms with Gasteiger partial charge in [0, 0.05) is 12.8 Å². The summed E-state index contributed by atoms with van der Waals surface area (Å²) in [5, 5.41) is 8.49. The predicted molar refractivity (Wildman–Crippen MR) is 56.8 cm³/mol. The van der Waals surface area contributed by atoms with Crippen LogP contribution in [0, 0.1) is 11.3 Å². The maximum Gasteiger partial charge on any atom is 0.244 e. The molecule has 0 aromatic carbocycles. The van der Waals surface area contributed by atoms with Crippen molar-refractivity contribution in [3.05, 3.63) is 0 Å². The summed E-state index contributed by atoms with van der Waals surface area (Å²) in [7, 11) is -3.48. The van der Waals surface area contributed by atoms with Gasteiger partial charge in [0.25, 0.3) is 0 Å². The fraction of sp³-hybridized carbons (Fsp3) is 0.778. The highest BCUT2D eigenvalue weighted by atomic mass is 32.2. The number of nitriles is 1. The summed E-state index contributed by atoms with van der Waals surface area (Å²) in [6, 6.07) is 1.83. The molecule has 0 aromatic heterocycles. The molecule has 1 amide bonds. The van der Waals surface area contributed by atoms with E-state index in [1.165, 1.54) is 18.7 Å². The van der Waals surface area contributed by atoms with E-state index in [2.05, 4.69) is 0 Å². The van der Waals surface area contributed by atoms with Gasteiger partial charge in [-0.05, 0) is 20.8 Å². The van der Waals surface area contributed by atoms with Crippen LogP contribution in [0.5, 0.6) is 0 Å². The molecule has 0 aromatic rings. The molecule has 0 fully saturated rings. The molecule has 0 unspecified atom stereocenters. The fourth-order valence-corrected chi connectivity index (χ4v) is 1.40. The Bertz CT molecular complexity index is 379. The Labute approximate surface area is 90.6 Å². The number of sulfone groups is 1. The minimum Gasteiger partial charge on any atom is -0.328 e. The van der Waals surface area contributed by atoms with Crippen LogP contribution < -0.4 is 0 Å². The smallest absolute Gasteiger partial charge is 0.244 e. The van der Waals surface area contributed by atoms with Crippen LogP contribution in [0.3, 0.4) is 0 Å². The fourth-order valence-electron chi connectivity index (χ4n) is 0.952. The molecule has 0 N–H and O–H groups in total. The van der Waals surface area contributed by atoms with Crippen LogP contribution in [-0.2, 0) is 14.6 Å². The normalized spacial score (nSPS) is 11.9. The Hall–Kier alpha value is -1.09. The van der Waals surface area contributed by atoms with Crippen molar-refractivity contribution >= 4 is 15.7 Å². The van der Waals surface area contributed by atoms with Crippen molar-refractivity contribution in [1.29, 1.82) is 5.26 Å². The van der Waals surface area contributed by atoms with Gasteiger partial charge in [-0.2, -0.15) is 5.26 Å². The molecule has 15 heavy (non-hydrogen) atoms. The maximum atomic E-state index is 11.8. The molecule has 0 bridgehead atoms. The van der Waals surface area contributed by atoms with Crippen LogP contribution in [0.4, 0.5) is 0 Å². The largest absolute Gasteiger partial charge is 0.328 e. The summed E-state index contributed by atoms with van der Waals surface area (Å²) in [5.74, 6) is -0.533. The number of carbonyl (C=O) groups is 1. The Morgan fingerprint density at radius 1 is 1.47 bits per heavy atom. The summed E-state index contributed by atoms with van der Waals surface area (Å²) < 4.78 is 21.3. The second-order valence-electron chi connectivity index (χ2n) is 3.76. The average molecular weight is 232 g/mol. The van der Waals surface area contributed by atoms with E-state index in [0.717, 1.165) is 6.26 Å². The molecule has 6 heteroatoms. The van der Waals surface area contributed by atoms with Gasteiger partial charge in [0.2, 0.25) is 5.91 Å². The number of hydrogen-bond acceptors (Lipinski definition) is 4. The molecule has 0 saturated carbocycles. The van der Waals surface area contributed by atoms with Crippen molar-refractivity contribution in [2.45, 2.75) is 25.5 Å². The van der Waals surface area contributed by atoms with Gasteiger partial charge in [-0.3, -0.25) is 4.79 Å². The van der Waals surface area contributed by atoms with E-state index in [1.807, 2.05) is 6.07 Å². The molecule has 5 nitrogen and oxygen atoms in total. The van der Waals surface area contributed by atoms with Crippen LogP contribution in [-0.4, -0.2) is 43.3 Å². The molecule has 0 aliphatic rings. The lowest BCUT2D eigenvalue weighted by Gasteiger charge is -2.28. The standard InChI is InChI=1S/C9H16N2O3S/c1-5-11(7-6-10)8(12)9(2,3)15(4,13)14/h5,7H2,1-4H3. The molecule has 86 valence electrons. The van der Waals surface area contributed by atoms with Crippen molar-refractivity contribution in [1.82, 2.24) is 4.90 Å². The Balaban J connectivity index is 5.09. The van der Waals surface area contributed by atoms with E-state index < -0.39 is 20.5 Å². The van der Waals surface area contributed by atoms with Gasteiger partial charge >= 0.3 is 0 Å². The first kappa shape index (κ1) is 13.9. The lowest BCUT2D eigenvalue weighted by atomic mass is 10.1. The highest BCUT2D eigenvalue weighted by Gasteiger charge is 2.40. The monoisotopic (exact) mass is 232 g/mol. The van der Waals surface area contributed by atoms with Crippen LogP contribution in [0.1, 0.15) is 20.8 Å². The van der Waals surface area contributed by atoms with Crippen LogP contribution in [0.25, 0.3) is 0 Å². The predicted octanol–water partition coefficient (Wildman–Crippen LogP) is 0.182. The highest BCUT2D eigenvalue weighted by Crippen LogP contribution is 2.18. The second-order valence-corrected chi connectivity index (χ2v) is 6.32. The molecule has 0 atom stereocenters. The number of hydrogen-bond donors (Lipinski definition) is 0. The summed E-state index contributed by atoms with van der Waals surface area (Å²) >= 11 is 0. The molecule has 0 aliphatic carbocycles. The molecule has 0 rings (SSSR count). The third-order valence-corrected chi connectivity index (χ3v) is 4.40. The second kappa shape index (κ2) is 4.62. The molecule has 0 aliphatic heterocycles. The van der Waals surface area contributed by atoms with Gasteiger partial charge in [-0.1, -0.05) is 0 Å². The van der Waals surface area contributed by atoms with Crippen molar-refractivity contribution in [2.75, 3.05) is 19.3 Å². The first-order chi connectivity index (χ1) is 6.68. The minimum absolute atomic E-state index is 0.0890. The van der Waals surface area contributed by atoms with Gasteiger partial charge in [0.05, 0.1) is 6.07 Å². The van der Waals surface area contributed by atoms with E-state index in [1.54, 1.807) is 6.92 Å². The van der Waals surface area contributed by atoms with Gasteiger partial charge in [0.1, 0.15) is 11.3 Å². The first-order valence-electron chi connectivity index (χ1n) is 4.54. The third kappa shape index (κ3) is 2.93. The molecular weight excluding hydrogens is 216 g/mol. The van der Waals surface area contributed by atoms with E-state index in [-0.39, 0.29) is 6.54 Å². The summed E-state index contributed by atoms with van der Waals surface area (Å²) in [5.41, 5.74) is 0. The van der Waals surface area contributed by atoms with Crippen molar-refractivity contribution < 1.29 is 13.2 Å². The molecule has 0 heterocycles. The molecular formula is C9H16N2O3S. The number of nitrogens with zero attached hydrogens (tertiary/aromatic N) is 2. The van der Waals surface area contributed by atoms with Gasteiger partial charge < -0.3 is 4.90 Å². The van der Waals surface area contributed by atoms with Gasteiger partial charge in [0.15, 0.2) is 9.84 Å². The van der Waals surface area contributed by atoms with Gasteiger partial charge in [-0.15, -0.1) is 0 Å². The topological polar surface area (TPSA) is 78.2 Å². The molecule has 0 saturated heterocycles. The lowest BCUT2D eigenvalue weighted by Crippen LogP contribution is -2.49. The SMILES string of the molecule is CCN(CC#N)C(=O)C(C)(C)S(C)(=O)=O. The van der Waals surface area contributed by atoms with E-state index >= 15 is 0 Å². The van der Waals surface area contributed by atoms with Crippen LogP contribution in [0.2, 0.25) is 0 Å². The summed E-state index contributed by atoms with van der Waals surface area (Å²) in [4.78, 5) is 13.1. The lowest BCUT2D eigenvalue weighted by molar-refractivity contribution is -0.132. The van der Waals surface area contributed by atoms with Crippen molar-refractivity contribution in [3.63, 3.8) is 0 Å². The Kier molecular flexibility index (Phi) is 4.28. The molecule has 0 spiro atoms. The highest BCUT2D eigenvalue weighted by molar-refractivity contribution is 7.92. The number of carbonyl (C=O) groups excluding carboxylic acids is 1. The number of amides is 1. The maximum absolute atomic E-state index is 11.8. The summed E-state index contributed by atoms with van der Waals surface area (Å²) in [6.07, 6.45) is 1.02. The van der Waals surface area contributed by atoms with E-state index in [4.69, 9.17) is 5.26 Å². The zero-order chi connectivity index (χ0) is 12.3. The minimum atomic E-state index is -3.48. The first-order valence-corrected chi connectivity index (χ1v) is 6.43. The zero-order valence-corrected chi connectivity index (χ0v) is 10.3. The average Bonchev–Trinajstić information content (AvgIpc) is 2.11. The quantitative estimate of drug-likeness (QED) is 0.648. The van der Waals surface area contributed by atoms with Crippen molar-refractivity contribution in [2.24, 2.45) is 0 Å². The zero-order valence-electron chi connectivity index (χ0n) is 9.44. The van der Waals surface area contributed by atoms with Gasteiger partial charge in [-0.25, -0.2) is 8.42 Å². The Morgan fingerprint density at radius 2 is 1.93 bits per heavy atom. The Morgan fingerprint density at radius 3 is 2.20 bits per heavy atom. The molecule has 0 radical (unpaired) electrons. The summed E-state index contributed by atoms with van der Waals surface area (Å²) in [6.45, 7) is 4.64. The number of rotatable bonds is 4. The van der Waals surface area contributed by atoms with Crippen LogP contribution in [0.15, 0.2) is 0 Å². The van der Waals surface area contributed by atoms with Crippen LogP contribution >= 0.6 is 0 Å². The van der Waals surface area contributed by atoms with E-state index in [9.17, 15) is 13.2 Å².